The number of carbonyl (C=O) groups is 3. The molecule has 3 rings (SSSR count). The van der Waals surface area contributed by atoms with Crippen molar-refractivity contribution in [2.75, 3.05) is 25.7 Å². The third-order valence-electron chi connectivity index (χ3n) is 5.88. The zero-order valence-corrected chi connectivity index (χ0v) is 17.9. The molecule has 3 amide bonds. The van der Waals surface area contributed by atoms with Gasteiger partial charge in [-0.2, -0.15) is 0 Å². The lowest BCUT2D eigenvalue weighted by Gasteiger charge is -2.25. The van der Waals surface area contributed by atoms with Crippen molar-refractivity contribution in [3.05, 3.63) is 18.2 Å². The Kier molecular flexibility index (Phi) is 7.18. The van der Waals surface area contributed by atoms with E-state index in [1.807, 2.05) is 0 Å². The number of nitrogens with one attached hydrogen (secondary N) is 2. The van der Waals surface area contributed by atoms with Crippen LogP contribution in [0.2, 0.25) is 0 Å². The average molecular weight is 418 g/mol. The van der Waals surface area contributed by atoms with Crippen LogP contribution in [0.1, 0.15) is 45.4 Å². The van der Waals surface area contributed by atoms with Gasteiger partial charge in [0, 0.05) is 25.1 Å². The second-order valence-electron chi connectivity index (χ2n) is 8.02. The van der Waals surface area contributed by atoms with Crippen molar-refractivity contribution >= 4 is 23.4 Å². The Hall–Kier alpha value is -2.77. The smallest absolute Gasteiger partial charge is 0.242 e. The molecule has 0 radical (unpaired) electrons. The number of carbonyl (C=O) groups excluding carboxylic acids is 3. The van der Waals surface area contributed by atoms with Crippen LogP contribution in [-0.4, -0.2) is 50.6 Å². The summed E-state index contributed by atoms with van der Waals surface area (Å²) in [5, 5.41) is 5.79. The Morgan fingerprint density at radius 3 is 2.53 bits per heavy atom. The largest absolute Gasteiger partial charge is 0.497 e. The number of benzene rings is 1. The van der Waals surface area contributed by atoms with Crippen molar-refractivity contribution in [3.8, 4) is 11.5 Å². The van der Waals surface area contributed by atoms with Gasteiger partial charge < -0.3 is 25.0 Å². The minimum atomic E-state index is -0.640. The van der Waals surface area contributed by atoms with Crippen LogP contribution in [0.25, 0.3) is 0 Å². The topological polar surface area (TPSA) is 97.0 Å². The molecule has 2 aliphatic rings. The van der Waals surface area contributed by atoms with Crippen LogP contribution >= 0.6 is 0 Å². The maximum absolute atomic E-state index is 12.7. The van der Waals surface area contributed by atoms with Crippen molar-refractivity contribution < 1.29 is 23.9 Å². The molecule has 30 heavy (non-hydrogen) atoms. The number of rotatable bonds is 7. The zero-order chi connectivity index (χ0) is 21.7. The number of nitrogens with zero attached hydrogens (tertiary/aromatic N) is 1. The predicted octanol–water partition coefficient (Wildman–Crippen LogP) is 2.01. The average Bonchev–Trinajstić information content (AvgIpc) is 3.15. The fourth-order valence-corrected chi connectivity index (χ4v) is 4.09. The molecule has 0 bridgehead atoms. The number of amides is 3. The second kappa shape index (κ2) is 9.82. The lowest BCUT2D eigenvalue weighted by molar-refractivity contribution is -0.131. The lowest BCUT2D eigenvalue weighted by atomic mass is 9.95. The molecule has 2 unspecified atom stereocenters. The molecule has 1 aliphatic carbocycles. The Balaban J connectivity index is 1.59. The standard InChI is InChI=1S/C22H31N3O5/c1-14(21(27)24-16-7-5-4-6-8-16)23-22(28)15-11-20(26)25(13-15)18-10-9-17(29-2)12-19(18)30-3/h9-10,12,14-16H,4-8,11,13H2,1-3H3,(H,23,28)(H,24,27). The van der Waals surface area contributed by atoms with E-state index in [9.17, 15) is 14.4 Å². The van der Waals surface area contributed by atoms with Crippen molar-refractivity contribution in [2.45, 2.75) is 57.5 Å². The third-order valence-corrected chi connectivity index (χ3v) is 5.88. The Labute approximate surface area is 177 Å². The van der Waals surface area contributed by atoms with Gasteiger partial charge in [0.05, 0.1) is 25.8 Å². The molecule has 1 heterocycles. The summed E-state index contributed by atoms with van der Waals surface area (Å²) in [5.74, 6) is -0.0108. The molecule has 164 valence electrons. The first-order chi connectivity index (χ1) is 14.4. The summed E-state index contributed by atoms with van der Waals surface area (Å²) < 4.78 is 10.6. The Morgan fingerprint density at radius 2 is 1.87 bits per heavy atom. The first-order valence-electron chi connectivity index (χ1n) is 10.6. The highest BCUT2D eigenvalue weighted by molar-refractivity contribution is 6.02. The highest BCUT2D eigenvalue weighted by Gasteiger charge is 2.37. The lowest BCUT2D eigenvalue weighted by Crippen LogP contribution is -2.50. The summed E-state index contributed by atoms with van der Waals surface area (Å²) in [7, 11) is 3.08. The number of ether oxygens (including phenoxy) is 2. The normalized spacial score (nSPS) is 20.6. The molecule has 1 aliphatic heterocycles. The minimum Gasteiger partial charge on any atom is -0.497 e. The van der Waals surface area contributed by atoms with Crippen LogP contribution in [0.4, 0.5) is 5.69 Å². The van der Waals surface area contributed by atoms with Crippen molar-refractivity contribution in [1.82, 2.24) is 10.6 Å². The summed E-state index contributed by atoms with van der Waals surface area (Å²) in [6, 6.07) is 4.75. The highest BCUT2D eigenvalue weighted by Crippen LogP contribution is 2.35. The molecule has 2 N–H and O–H groups in total. The van der Waals surface area contributed by atoms with Crippen molar-refractivity contribution in [1.29, 1.82) is 0 Å². The zero-order valence-electron chi connectivity index (χ0n) is 17.9. The van der Waals surface area contributed by atoms with E-state index in [0.29, 0.717) is 17.2 Å². The molecule has 8 heteroatoms. The molecule has 8 nitrogen and oxygen atoms in total. The van der Waals surface area contributed by atoms with Gasteiger partial charge in [-0.05, 0) is 31.9 Å². The third kappa shape index (κ3) is 5.04. The van der Waals surface area contributed by atoms with Crippen molar-refractivity contribution in [3.63, 3.8) is 0 Å². The van der Waals surface area contributed by atoms with Crippen LogP contribution < -0.4 is 25.0 Å². The van der Waals surface area contributed by atoms with Gasteiger partial charge >= 0.3 is 0 Å². The van der Waals surface area contributed by atoms with Gasteiger partial charge in [-0.1, -0.05) is 19.3 Å². The Morgan fingerprint density at radius 1 is 1.13 bits per heavy atom. The summed E-state index contributed by atoms with van der Waals surface area (Å²) in [5.41, 5.74) is 0.599. The molecule has 2 fully saturated rings. The van der Waals surface area contributed by atoms with Crippen molar-refractivity contribution in [2.24, 2.45) is 5.92 Å². The fourth-order valence-electron chi connectivity index (χ4n) is 4.09. The van der Waals surface area contributed by atoms with E-state index in [1.165, 1.54) is 13.5 Å². The quantitative estimate of drug-likeness (QED) is 0.707. The maximum Gasteiger partial charge on any atom is 0.242 e. The number of methoxy groups -OCH3 is 2. The second-order valence-corrected chi connectivity index (χ2v) is 8.02. The van der Waals surface area contributed by atoms with E-state index in [1.54, 1.807) is 37.1 Å². The van der Waals surface area contributed by atoms with Crippen LogP contribution in [0.15, 0.2) is 18.2 Å². The number of anilines is 1. The predicted molar refractivity (Wildman–Crippen MR) is 113 cm³/mol. The molecule has 0 spiro atoms. The van der Waals surface area contributed by atoms with Crippen LogP contribution in [0, 0.1) is 5.92 Å². The molecular weight excluding hydrogens is 386 g/mol. The van der Waals surface area contributed by atoms with E-state index >= 15 is 0 Å². The molecule has 0 aromatic heterocycles. The minimum absolute atomic E-state index is 0.0952. The van der Waals surface area contributed by atoms with E-state index in [4.69, 9.17) is 9.47 Å². The van der Waals surface area contributed by atoms with Gasteiger partial charge in [0.15, 0.2) is 0 Å². The summed E-state index contributed by atoms with van der Waals surface area (Å²) >= 11 is 0. The summed E-state index contributed by atoms with van der Waals surface area (Å²) in [6.07, 6.45) is 5.53. The Bertz CT molecular complexity index is 791. The van der Waals surface area contributed by atoms with Gasteiger partial charge in [-0.15, -0.1) is 0 Å². The van der Waals surface area contributed by atoms with Gasteiger partial charge in [0.1, 0.15) is 17.5 Å². The summed E-state index contributed by atoms with van der Waals surface area (Å²) in [6.45, 7) is 1.92. The first-order valence-corrected chi connectivity index (χ1v) is 10.6. The van der Waals surface area contributed by atoms with Gasteiger partial charge in [0.2, 0.25) is 17.7 Å². The van der Waals surface area contributed by atoms with Crippen LogP contribution in [0.5, 0.6) is 11.5 Å². The fraction of sp³-hybridized carbons (Fsp3) is 0.591. The molecular formula is C22H31N3O5. The van der Waals surface area contributed by atoms with E-state index in [2.05, 4.69) is 10.6 Å². The molecule has 1 saturated heterocycles. The van der Waals surface area contributed by atoms with Gasteiger partial charge in [-0.3, -0.25) is 14.4 Å². The van der Waals surface area contributed by atoms with E-state index in [-0.39, 0.29) is 36.7 Å². The van der Waals surface area contributed by atoms with Crippen LogP contribution in [0.3, 0.4) is 0 Å². The van der Waals surface area contributed by atoms with Gasteiger partial charge in [0.25, 0.3) is 0 Å². The number of hydrogen-bond donors (Lipinski definition) is 2. The van der Waals surface area contributed by atoms with E-state index < -0.39 is 12.0 Å². The first kappa shape index (κ1) is 21.9. The maximum atomic E-state index is 12.7. The molecule has 1 saturated carbocycles. The summed E-state index contributed by atoms with van der Waals surface area (Å²) in [4.78, 5) is 39.3. The number of hydrogen-bond acceptors (Lipinski definition) is 5. The van der Waals surface area contributed by atoms with Crippen LogP contribution in [-0.2, 0) is 14.4 Å². The SMILES string of the molecule is COc1ccc(N2CC(C(=O)NC(C)C(=O)NC3CCCCC3)CC2=O)c(OC)c1. The highest BCUT2D eigenvalue weighted by atomic mass is 16.5. The van der Waals surface area contributed by atoms with Gasteiger partial charge in [-0.25, -0.2) is 0 Å². The van der Waals surface area contributed by atoms with E-state index in [0.717, 1.165) is 25.7 Å². The monoisotopic (exact) mass is 417 g/mol. The molecule has 1 aromatic rings. The molecule has 2 atom stereocenters. The molecule has 1 aromatic carbocycles.